The molecule has 0 saturated heterocycles. The minimum atomic E-state index is 0. The number of benzene rings is 2. The molecule has 0 aliphatic rings. The zero-order valence-corrected chi connectivity index (χ0v) is 11.6. The lowest BCUT2D eigenvalue weighted by Gasteiger charge is -2.06. The summed E-state index contributed by atoms with van der Waals surface area (Å²) in [6.07, 6.45) is 0. The van der Waals surface area contributed by atoms with Gasteiger partial charge in [-0.05, 0) is 35.4 Å². The predicted molar refractivity (Wildman–Crippen MR) is 78.9 cm³/mol. The summed E-state index contributed by atoms with van der Waals surface area (Å²) in [7, 11) is 1.66. The zero-order chi connectivity index (χ0) is 12.8. The number of ether oxygens (including phenoxy) is 1. The maximum Gasteiger partial charge on any atom is 0.118 e. The lowest BCUT2D eigenvalue weighted by molar-refractivity contribution is 0.414. The molecule has 19 heavy (non-hydrogen) atoms. The van der Waals surface area contributed by atoms with E-state index in [-0.39, 0.29) is 12.4 Å². The smallest absolute Gasteiger partial charge is 0.118 e. The first kappa shape index (κ1) is 15.3. The van der Waals surface area contributed by atoms with Crippen molar-refractivity contribution in [2.45, 2.75) is 13.1 Å². The highest BCUT2D eigenvalue weighted by Gasteiger charge is 1.96. The van der Waals surface area contributed by atoms with E-state index in [0.29, 0.717) is 5.75 Å². The van der Waals surface area contributed by atoms with Crippen LogP contribution in [0.5, 0.6) is 11.5 Å². The van der Waals surface area contributed by atoms with Gasteiger partial charge in [0.05, 0.1) is 7.11 Å². The topological polar surface area (TPSA) is 41.5 Å². The van der Waals surface area contributed by atoms with Gasteiger partial charge in [-0.25, -0.2) is 0 Å². The third-order valence-corrected chi connectivity index (χ3v) is 2.75. The van der Waals surface area contributed by atoms with E-state index in [0.717, 1.165) is 24.4 Å². The molecule has 0 unspecified atom stereocenters. The Morgan fingerprint density at radius 3 is 1.84 bits per heavy atom. The van der Waals surface area contributed by atoms with Crippen molar-refractivity contribution in [2.24, 2.45) is 0 Å². The van der Waals surface area contributed by atoms with Crippen LogP contribution < -0.4 is 10.1 Å². The molecule has 0 bridgehead atoms. The molecular formula is C15H18ClNO2. The molecule has 0 aliphatic heterocycles. The molecule has 4 heteroatoms. The maximum atomic E-state index is 9.18. The molecule has 2 aromatic carbocycles. The SMILES string of the molecule is COc1ccc(CNCc2ccc(O)cc2)cc1.Cl. The van der Waals surface area contributed by atoms with Crippen molar-refractivity contribution in [3.05, 3.63) is 59.7 Å². The number of hydrogen-bond acceptors (Lipinski definition) is 3. The number of nitrogens with one attached hydrogen (secondary N) is 1. The van der Waals surface area contributed by atoms with Gasteiger partial charge in [-0.2, -0.15) is 0 Å². The van der Waals surface area contributed by atoms with Gasteiger partial charge in [0.1, 0.15) is 11.5 Å². The molecule has 0 saturated carbocycles. The Hall–Kier alpha value is -1.71. The van der Waals surface area contributed by atoms with Crippen LogP contribution in [-0.4, -0.2) is 12.2 Å². The van der Waals surface area contributed by atoms with Crippen LogP contribution in [0.25, 0.3) is 0 Å². The molecule has 3 nitrogen and oxygen atoms in total. The normalized spacial score (nSPS) is 9.74. The van der Waals surface area contributed by atoms with Crippen molar-refractivity contribution in [1.29, 1.82) is 0 Å². The molecule has 0 atom stereocenters. The number of phenolic OH excluding ortho intramolecular Hbond substituents is 1. The minimum Gasteiger partial charge on any atom is -0.508 e. The fourth-order valence-corrected chi connectivity index (χ4v) is 1.71. The third-order valence-electron chi connectivity index (χ3n) is 2.75. The van der Waals surface area contributed by atoms with E-state index in [4.69, 9.17) is 4.74 Å². The van der Waals surface area contributed by atoms with Gasteiger partial charge >= 0.3 is 0 Å². The van der Waals surface area contributed by atoms with E-state index >= 15 is 0 Å². The molecule has 0 fully saturated rings. The van der Waals surface area contributed by atoms with Crippen molar-refractivity contribution in [3.63, 3.8) is 0 Å². The second-order valence-electron chi connectivity index (χ2n) is 4.12. The Morgan fingerprint density at radius 1 is 0.895 bits per heavy atom. The molecule has 2 rings (SSSR count). The predicted octanol–water partition coefficient (Wildman–Crippen LogP) is 3.11. The van der Waals surface area contributed by atoms with E-state index < -0.39 is 0 Å². The molecule has 0 aliphatic carbocycles. The highest BCUT2D eigenvalue weighted by atomic mass is 35.5. The van der Waals surface area contributed by atoms with Crippen LogP contribution in [0.3, 0.4) is 0 Å². The van der Waals surface area contributed by atoms with Gasteiger partial charge < -0.3 is 15.2 Å². The summed E-state index contributed by atoms with van der Waals surface area (Å²) in [5, 5.41) is 12.5. The first-order valence-electron chi connectivity index (χ1n) is 5.89. The zero-order valence-electron chi connectivity index (χ0n) is 10.8. The largest absolute Gasteiger partial charge is 0.508 e. The van der Waals surface area contributed by atoms with E-state index in [2.05, 4.69) is 5.32 Å². The van der Waals surface area contributed by atoms with E-state index in [1.165, 1.54) is 5.56 Å². The summed E-state index contributed by atoms with van der Waals surface area (Å²) in [6.45, 7) is 1.59. The van der Waals surface area contributed by atoms with Crippen LogP contribution in [0, 0.1) is 0 Å². The summed E-state index contributed by atoms with van der Waals surface area (Å²) in [5.41, 5.74) is 2.37. The first-order chi connectivity index (χ1) is 8.78. The van der Waals surface area contributed by atoms with E-state index in [1.807, 2.05) is 36.4 Å². The number of rotatable bonds is 5. The summed E-state index contributed by atoms with van der Waals surface area (Å²) in [6, 6.07) is 15.2. The quantitative estimate of drug-likeness (QED) is 0.884. The molecule has 102 valence electrons. The summed E-state index contributed by atoms with van der Waals surface area (Å²) < 4.78 is 5.11. The van der Waals surface area contributed by atoms with E-state index in [9.17, 15) is 5.11 Å². The summed E-state index contributed by atoms with van der Waals surface area (Å²) >= 11 is 0. The van der Waals surface area contributed by atoms with Crippen LogP contribution in [-0.2, 0) is 13.1 Å². The van der Waals surface area contributed by atoms with Gasteiger partial charge in [-0.15, -0.1) is 12.4 Å². The Labute approximate surface area is 119 Å². The molecule has 2 aromatic rings. The van der Waals surface area contributed by atoms with Gasteiger partial charge in [0.2, 0.25) is 0 Å². The van der Waals surface area contributed by atoms with Crippen molar-refractivity contribution in [1.82, 2.24) is 5.32 Å². The first-order valence-corrected chi connectivity index (χ1v) is 5.89. The molecule has 0 spiro atoms. The van der Waals surface area contributed by atoms with Crippen LogP contribution in [0.2, 0.25) is 0 Å². The van der Waals surface area contributed by atoms with Gasteiger partial charge in [0, 0.05) is 13.1 Å². The van der Waals surface area contributed by atoms with Crippen LogP contribution >= 0.6 is 12.4 Å². The molecule has 2 N–H and O–H groups in total. The highest BCUT2D eigenvalue weighted by Crippen LogP contribution is 2.12. The Kier molecular flexibility index (Phi) is 6.19. The Morgan fingerprint density at radius 2 is 1.37 bits per heavy atom. The Balaban J connectivity index is 0.00000180. The van der Waals surface area contributed by atoms with Crippen molar-refractivity contribution in [3.8, 4) is 11.5 Å². The van der Waals surface area contributed by atoms with Gasteiger partial charge in [-0.1, -0.05) is 24.3 Å². The second kappa shape index (κ2) is 7.67. The second-order valence-corrected chi connectivity index (χ2v) is 4.12. The van der Waals surface area contributed by atoms with Crippen molar-refractivity contribution in [2.75, 3.05) is 7.11 Å². The van der Waals surface area contributed by atoms with Crippen LogP contribution in [0.1, 0.15) is 11.1 Å². The molecule has 0 amide bonds. The monoisotopic (exact) mass is 279 g/mol. The number of hydrogen-bond donors (Lipinski definition) is 2. The number of aromatic hydroxyl groups is 1. The minimum absolute atomic E-state index is 0. The lowest BCUT2D eigenvalue weighted by Crippen LogP contribution is -2.12. The number of phenols is 1. The fraction of sp³-hybridized carbons (Fsp3) is 0.200. The standard InChI is InChI=1S/C15H17NO2.ClH/c1-18-15-8-4-13(5-9-15)11-16-10-12-2-6-14(17)7-3-12;/h2-9,16-17H,10-11H2,1H3;1H. The molecule has 0 heterocycles. The van der Waals surface area contributed by atoms with Crippen LogP contribution in [0.4, 0.5) is 0 Å². The number of halogens is 1. The molecule has 0 radical (unpaired) electrons. The molecule has 0 aromatic heterocycles. The average Bonchev–Trinajstić information content (AvgIpc) is 2.42. The number of methoxy groups -OCH3 is 1. The fourth-order valence-electron chi connectivity index (χ4n) is 1.71. The van der Waals surface area contributed by atoms with Gasteiger partial charge in [0.15, 0.2) is 0 Å². The highest BCUT2D eigenvalue weighted by molar-refractivity contribution is 5.85. The lowest BCUT2D eigenvalue weighted by atomic mass is 10.2. The Bertz CT molecular complexity index is 483. The third kappa shape index (κ3) is 4.81. The molecular weight excluding hydrogens is 262 g/mol. The average molecular weight is 280 g/mol. The van der Waals surface area contributed by atoms with Crippen molar-refractivity contribution >= 4 is 12.4 Å². The maximum absolute atomic E-state index is 9.18. The van der Waals surface area contributed by atoms with Gasteiger partial charge in [0.25, 0.3) is 0 Å². The van der Waals surface area contributed by atoms with Gasteiger partial charge in [-0.3, -0.25) is 0 Å². The van der Waals surface area contributed by atoms with E-state index in [1.54, 1.807) is 19.2 Å². The van der Waals surface area contributed by atoms with Crippen molar-refractivity contribution < 1.29 is 9.84 Å². The summed E-state index contributed by atoms with van der Waals surface area (Å²) in [4.78, 5) is 0. The summed E-state index contributed by atoms with van der Waals surface area (Å²) in [5.74, 6) is 1.17. The van der Waals surface area contributed by atoms with Crippen LogP contribution in [0.15, 0.2) is 48.5 Å².